The Morgan fingerprint density at radius 3 is 2.50 bits per heavy atom. The fourth-order valence-electron chi connectivity index (χ4n) is 2.38. The lowest BCUT2D eigenvalue weighted by atomic mass is 10.2. The molecule has 1 aromatic heterocycles. The maximum Gasteiger partial charge on any atom is 0.204 e. The number of hydrogen-bond acceptors (Lipinski definition) is 3. The van der Waals surface area contributed by atoms with Crippen LogP contribution in [-0.4, -0.2) is 27.8 Å². The molecule has 0 unspecified atom stereocenters. The van der Waals surface area contributed by atoms with Gasteiger partial charge in [0.1, 0.15) is 0 Å². The second-order valence-corrected chi connectivity index (χ2v) is 5.68. The number of anilines is 1. The number of halogens is 2. The van der Waals surface area contributed by atoms with E-state index < -0.39 is 0 Å². The van der Waals surface area contributed by atoms with Crippen molar-refractivity contribution in [3.63, 3.8) is 0 Å². The Labute approximate surface area is 138 Å². The average Bonchev–Trinajstić information content (AvgIpc) is 2.86. The van der Waals surface area contributed by atoms with Gasteiger partial charge < -0.3 is 15.0 Å². The Balaban J connectivity index is 2.08. The highest BCUT2D eigenvalue weighted by molar-refractivity contribution is 6.36. The molecule has 2 aromatic carbocycles. The third kappa shape index (κ3) is 2.90. The van der Waals surface area contributed by atoms with Gasteiger partial charge in [-0.15, -0.1) is 0 Å². The molecule has 0 bridgehead atoms. The van der Waals surface area contributed by atoms with Gasteiger partial charge in [0.05, 0.1) is 24.2 Å². The topological polar surface area (TPSA) is 50.1 Å². The lowest BCUT2D eigenvalue weighted by molar-refractivity contribution is 0.310. The van der Waals surface area contributed by atoms with E-state index in [0.717, 1.165) is 16.6 Å². The fraction of sp³-hybridized carbons (Fsp3) is 0.188. The summed E-state index contributed by atoms with van der Waals surface area (Å²) < 4.78 is 2.01. The minimum absolute atomic E-state index is 0.0378. The van der Waals surface area contributed by atoms with E-state index >= 15 is 0 Å². The quantitative estimate of drug-likeness (QED) is 0.745. The van der Waals surface area contributed by atoms with E-state index in [9.17, 15) is 0 Å². The van der Waals surface area contributed by atoms with Gasteiger partial charge in [-0.05, 0) is 24.3 Å². The number of rotatable bonds is 5. The molecule has 0 amide bonds. The molecule has 114 valence electrons. The summed E-state index contributed by atoms with van der Waals surface area (Å²) in [5.74, 6) is 0.686. The minimum atomic E-state index is 0.0378. The van der Waals surface area contributed by atoms with Crippen LogP contribution in [0.4, 0.5) is 5.95 Å². The van der Waals surface area contributed by atoms with Crippen LogP contribution in [0.2, 0.25) is 10.0 Å². The number of hydrogen-bond donors (Lipinski definition) is 2. The van der Waals surface area contributed by atoms with Crippen LogP contribution in [-0.2, 0) is 6.54 Å². The molecule has 0 radical (unpaired) electrons. The number of nitrogens with zero attached hydrogens (tertiary/aromatic N) is 2. The number of aliphatic hydroxyl groups is 1. The molecule has 0 aliphatic rings. The summed E-state index contributed by atoms with van der Waals surface area (Å²) in [6.45, 7) is 0.975. The second-order valence-electron chi connectivity index (χ2n) is 4.86. The third-order valence-corrected chi connectivity index (χ3v) is 4.14. The van der Waals surface area contributed by atoms with Gasteiger partial charge in [0, 0.05) is 22.2 Å². The molecular weight excluding hydrogens is 321 g/mol. The maximum absolute atomic E-state index is 9.03. The van der Waals surface area contributed by atoms with Gasteiger partial charge in [-0.25, -0.2) is 4.98 Å². The zero-order valence-corrected chi connectivity index (χ0v) is 13.3. The van der Waals surface area contributed by atoms with Crippen molar-refractivity contribution < 1.29 is 5.11 Å². The number of aliphatic hydroxyl groups excluding tert-OH is 1. The first kappa shape index (κ1) is 15.2. The number of nitrogens with one attached hydrogen (secondary N) is 1. The second kappa shape index (κ2) is 6.57. The van der Waals surface area contributed by atoms with Gasteiger partial charge >= 0.3 is 0 Å². The summed E-state index contributed by atoms with van der Waals surface area (Å²) in [6.07, 6.45) is 0. The standard InChI is InChI=1S/C16H15Cl2N3O/c17-12-4-3-5-13(18)11(12)10-21-15-7-2-1-6-14(15)20-16(21)19-8-9-22/h1-7,22H,8-10H2,(H,19,20). The van der Waals surface area contributed by atoms with E-state index in [1.807, 2.05) is 47.0 Å². The summed E-state index contributed by atoms with van der Waals surface area (Å²) in [4.78, 5) is 4.56. The summed E-state index contributed by atoms with van der Waals surface area (Å²) >= 11 is 12.6. The lowest BCUT2D eigenvalue weighted by Crippen LogP contribution is -2.12. The van der Waals surface area contributed by atoms with Gasteiger partial charge in [-0.2, -0.15) is 0 Å². The molecule has 22 heavy (non-hydrogen) atoms. The number of para-hydroxylation sites is 2. The lowest BCUT2D eigenvalue weighted by Gasteiger charge is -2.12. The molecular formula is C16H15Cl2N3O. The third-order valence-electron chi connectivity index (χ3n) is 3.43. The van der Waals surface area contributed by atoms with Crippen LogP contribution >= 0.6 is 23.2 Å². The Hall–Kier alpha value is -1.75. The van der Waals surface area contributed by atoms with Crippen LogP contribution in [0.3, 0.4) is 0 Å². The van der Waals surface area contributed by atoms with E-state index in [1.165, 1.54) is 0 Å². The Morgan fingerprint density at radius 2 is 1.77 bits per heavy atom. The van der Waals surface area contributed by atoms with Crippen molar-refractivity contribution in [2.45, 2.75) is 6.54 Å². The zero-order valence-electron chi connectivity index (χ0n) is 11.8. The van der Waals surface area contributed by atoms with Gasteiger partial charge in [0.2, 0.25) is 5.95 Å². The first-order chi connectivity index (χ1) is 10.7. The number of fused-ring (bicyclic) bond motifs is 1. The first-order valence-corrected chi connectivity index (χ1v) is 7.69. The van der Waals surface area contributed by atoms with Gasteiger partial charge in [0.15, 0.2) is 0 Å². The summed E-state index contributed by atoms with van der Waals surface area (Å²) in [6, 6.07) is 13.3. The summed E-state index contributed by atoms with van der Waals surface area (Å²) in [5.41, 5.74) is 2.71. The van der Waals surface area contributed by atoms with Crippen molar-refractivity contribution in [2.75, 3.05) is 18.5 Å². The smallest absolute Gasteiger partial charge is 0.204 e. The maximum atomic E-state index is 9.03. The Kier molecular flexibility index (Phi) is 4.52. The summed E-state index contributed by atoms with van der Waals surface area (Å²) in [7, 11) is 0. The number of imidazole rings is 1. The Bertz CT molecular complexity index is 781. The highest BCUT2D eigenvalue weighted by Gasteiger charge is 2.13. The first-order valence-electron chi connectivity index (χ1n) is 6.93. The molecule has 1 heterocycles. The van der Waals surface area contributed by atoms with Gasteiger partial charge in [-0.1, -0.05) is 41.4 Å². The zero-order chi connectivity index (χ0) is 15.5. The van der Waals surface area contributed by atoms with E-state index in [-0.39, 0.29) is 6.61 Å². The molecule has 0 atom stereocenters. The van der Waals surface area contributed by atoms with E-state index in [1.54, 1.807) is 0 Å². The molecule has 0 aliphatic heterocycles. The van der Waals surface area contributed by atoms with Crippen LogP contribution in [0.25, 0.3) is 11.0 Å². The van der Waals surface area contributed by atoms with Gasteiger partial charge in [0.25, 0.3) is 0 Å². The van der Waals surface area contributed by atoms with Crippen LogP contribution in [0.5, 0.6) is 0 Å². The molecule has 6 heteroatoms. The van der Waals surface area contributed by atoms with Crippen molar-refractivity contribution in [1.82, 2.24) is 9.55 Å². The molecule has 0 saturated heterocycles. The predicted molar refractivity (Wildman–Crippen MR) is 90.9 cm³/mol. The predicted octanol–water partition coefficient (Wildman–Crippen LogP) is 3.80. The molecule has 0 fully saturated rings. The van der Waals surface area contributed by atoms with Crippen molar-refractivity contribution >= 4 is 40.2 Å². The number of aromatic nitrogens is 2. The van der Waals surface area contributed by atoms with Crippen LogP contribution in [0.15, 0.2) is 42.5 Å². The van der Waals surface area contributed by atoms with E-state index in [2.05, 4.69) is 10.3 Å². The Morgan fingerprint density at radius 1 is 1.05 bits per heavy atom. The number of benzene rings is 2. The molecule has 4 nitrogen and oxygen atoms in total. The average molecular weight is 336 g/mol. The molecule has 2 N–H and O–H groups in total. The summed E-state index contributed by atoms with van der Waals surface area (Å²) in [5, 5.41) is 13.4. The SMILES string of the molecule is OCCNc1nc2ccccc2n1Cc1c(Cl)cccc1Cl. The molecule has 0 spiro atoms. The highest BCUT2D eigenvalue weighted by atomic mass is 35.5. The van der Waals surface area contributed by atoms with Crippen molar-refractivity contribution in [3.05, 3.63) is 58.1 Å². The minimum Gasteiger partial charge on any atom is -0.395 e. The van der Waals surface area contributed by atoms with Crippen molar-refractivity contribution in [1.29, 1.82) is 0 Å². The van der Waals surface area contributed by atoms with Crippen molar-refractivity contribution in [3.8, 4) is 0 Å². The van der Waals surface area contributed by atoms with E-state index in [4.69, 9.17) is 28.3 Å². The monoisotopic (exact) mass is 335 g/mol. The molecule has 0 aliphatic carbocycles. The van der Waals surface area contributed by atoms with Crippen LogP contribution in [0, 0.1) is 0 Å². The fourth-order valence-corrected chi connectivity index (χ4v) is 2.90. The highest BCUT2D eigenvalue weighted by Crippen LogP contribution is 2.28. The van der Waals surface area contributed by atoms with Gasteiger partial charge in [-0.3, -0.25) is 0 Å². The van der Waals surface area contributed by atoms with Crippen LogP contribution in [0.1, 0.15) is 5.56 Å². The molecule has 3 aromatic rings. The van der Waals surface area contributed by atoms with Crippen molar-refractivity contribution in [2.24, 2.45) is 0 Å². The van der Waals surface area contributed by atoms with E-state index in [0.29, 0.717) is 29.1 Å². The normalized spacial score (nSPS) is 11.0. The molecule has 0 saturated carbocycles. The largest absolute Gasteiger partial charge is 0.395 e. The van der Waals surface area contributed by atoms with Crippen LogP contribution < -0.4 is 5.32 Å². The molecule has 3 rings (SSSR count).